The molecule has 0 radical (unpaired) electrons. The normalized spacial score (nSPS) is 11.3. The van der Waals surface area contributed by atoms with E-state index in [1.807, 2.05) is 0 Å². The summed E-state index contributed by atoms with van der Waals surface area (Å²) in [5.74, 6) is 1.48. The molecule has 0 atom stereocenters. The second-order valence-corrected chi connectivity index (χ2v) is 5.65. The van der Waals surface area contributed by atoms with Gasteiger partial charge in [-0.15, -0.1) is 0 Å². The monoisotopic (exact) mass is 266 g/mol. The van der Waals surface area contributed by atoms with Gasteiger partial charge in [0, 0.05) is 0 Å². The molecule has 0 heterocycles. The molecule has 0 spiro atoms. The molecule has 0 saturated carbocycles. The molecule has 0 aliphatic rings. The molecule has 1 rings (SSSR count). The highest BCUT2D eigenvalue weighted by atomic mass is 16.5. The quantitative estimate of drug-likeness (QED) is 0.723. The van der Waals surface area contributed by atoms with Gasteiger partial charge in [-0.1, -0.05) is 19.9 Å². The van der Waals surface area contributed by atoms with Gasteiger partial charge in [0.05, 0.1) is 27.3 Å². The van der Waals surface area contributed by atoms with Crippen molar-refractivity contribution in [3.05, 3.63) is 29.3 Å². The van der Waals surface area contributed by atoms with Crippen LogP contribution in [0.2, 0.25) is 0 Å². The van der Waals surface area contributed by atoms with Crippen molar-refractivity contribution >= 4 is 0 Å². The molecular formula is C16H28NO2+. The van der Waals surface area contributed by atoms with Gasteiger partial charge in [-0.25, -0.2) is 0 Å². The first-order chi connectivity index (χ1) is 8.99. The Hall–Kier alpha value is -1.06. The van der Waals surface area contributed by atoms with E-state index < -0.39 is 0 Å². The van der Waals surface area contributed by atoms with Crippen molar-refractivity contribution in [3.63, 3.8) is 0 Å². The van der Waals surface area contributed by atoms with Crippen LogP contribution in [0.1, 0.15) is 30.9 Å². The zero-order valence-electron chi connectivity index (χ0n) is 13.0. The Morgan fingerprint density at radius 2 is 1.79 bits per heavy atom. The van der Waals surface area contributed by atoms with E-state index in [1.165, 1.54) is 16.0 Å². The van der Waals surface area contributed by atoms with E-state index in [1.54, 1.807) is 0 Å². The molecule has 19 heavy (non-hydrogen) atoms. The number of rotatable bonds is 8. The molecule has 0 unspecified atom stereocenters. The molecule has 0 amide bonds. The predicted octanol–water partition coefficient (Wildman–Crippen LogP) is 1.66. The lowest BCUT2D eigenvalue weighted by Gasteiger charge is -2.12. The maximum atomic E-state index is 5.75. The van der Waals surface area contributed by atoms with Gasteiger partial charge in [0.15, 0.2) is 0 Å². The molecule has 3 heteroatoms. The Labute approximate surface area is 117 Å². The highest BCUT2D eigenvalue weighted by Gasteiger charge is 2.03. The summed E-state index contributed by atoms with van der Waals surface area (Å²) >= 11 is 0. The predicted molar refractivity (Wildman–Crippen MR) is 79.3 cm³/mol. The lowest BCUT2D eigenvalue weighted by atomic mass is 10.0. The van der Waals surface area contributed by atoms with Crippen molar-refractivity contribution in [1.82, 2.24) is 0 Å². The Balaban J connectivity index is 2.33. The minimum Gasteiger partial charge on any atom is -0.491 e. The van der Waals surface area contributed by atoms with Gasteiger partial charge in [0.2, 0.25) is 0 Å². The van der Waals surface area contributed by atoms with E-state index in [0.29, 0.717) is 19.1 Å². The summed E-state index contributed by atoms with van der Waals surface area (Å²) in [6.45, 7) is 9.59. The lowest BCUT2D eigenvalue weighted by molar-refractivity contribution is -0.858. The van der Waals surface area contributed by atoms with Crippen LogP contribution >= 0.6 is 0 Å². The molecule has 0 aliphatic carbocycles. The lowest BCUT2D eigenvalue weighted by Crippen LogP contribution is -3.06. The number of hydrogen-bond acceptors (Lipinski definition) is 2. The van der Waals surface area contributed by atoms with Gasteiger partial charge in [-0.2, -0.15) is 0 Å². The molecule has 0 aromatic heterocycles. The second kappa shape index (κ2) is 8.18. The van der Waals surface area contributed by atoms with E-state index >= 15 is 0 Å². The van der Waals surface area contributed by atoms with E-state index in [4.69, 9.17) is 9.47 Å². The average Bonchev–Trinajstić information content (AvgIpc) is 2.32. The van der Waals surface area contributed by atoms with E-state index in [-0.39, 0.29) is 0 Å². The minimum absolute atomic E-state index is 0.529. The first kappa shape index (κ1) is 16.0. The average molecular weight is 266 g/mol. The largest absolute Gasteiger partial charge is 0.491 e. The van der Waals surface area contributed by atoms with Gasteiger partial charge < -0.3 is 14.4 Å². The number of likely N-dealkylation sites (N-methyl/N-ethyl adjacent to an activating group) is 1. The third-order valence-corrected chi connectivity index (χ3v) is 2.98. The van der Waals surface area contributed by atoms with E-state index in [2.05, 4.69) is 53.1 Å². The molecule has 108 valence electrons. The molecule has 1 N–H and O–H groups in total. The van der Waals surface area contributed by atoms with Gasteiger partial charge >= 0.3 is 0 Å². The van der Waals surface area contributed by atoms with Gasteiger partial charge in [0.25, 0.3) is 0 Å². The van der Waals surface area contributed by atoms with Gasteiger partial charge in [-0.3, -0.25) is 0 Å². The molecule has 0 fully saturated rings. The van der Waals surface area contributed by atoms with Crippen LogP contribution in [0.5, 0.6) is 5.75 Å². The fourth-order valence-electron chi connectivity index (χ4n) is 1.79. The number of quaternary nitrogens is 1. The van der Waals surface area contributed by atoms with Gasteiger partial charge in [-0.05, 0) is 36.1 Å². The first-order valence-corrected chi connectivity index (χ1v) is 7.10. The molecule has 0 bridgehead atoms. The fraction of sp³-hybridized carbons (Fsp3) is 0.625. The van der Waals surface area contributed by atoms with Crippen LogP contribution in [0.4, 0.5) is 0 Å². The number of aryl methyl sites for hydroxylation is 1. The highest BCUT2D eigenvalue weighted by Crippen LogP contribution is 2.22. The van der Waals surface area contributed by atoms with Crippen molar-refractivity contribution in [2.45, 2.75) is 26.7 Å². The van der Waals surface area contributed by atoms with Crippen molar-refractivity contribution in [1.29, 1.82) is 0 Å². The summed E-state index contributed by atoms with van der Waals surface area (Å²) < 4.78 is 11.3. The Kier molecular flexibility index (Phi) is 6.89. The third kappa shape index (κ3) is 6.60. The van der Waals surface area contributed by atoms with Crippen molar-refractivity contribution in [2.75, 3.05) is 40.5 Å². The summed E-state index contributed by atoms with van der Waals surface area (Å²) in [7, 11) is 4.25. The molecule has 0 aliphatic heterocycles. The SMILES string of the molecule is Cc1cc(OCCOCC[NH+](C)C)cc(C(C)C)c1. The fourth-order valence-corrected chi connectivity index (χ4v) is 1.79. The number of benzene rings is 1. The third-order valence-electron chi connectivity index (χ3n) is 2.98. The molecule has 1 aromatic rings. The second-order valence-electron chi connectivity index (χ2n) is 5.65. The van der Waals surface area contributed by atoms with Crippen molar-refractivity contribution in [2.24, 2.45) is 0 Å². The van der Waals surface area contributed by atoms with Crippen molar-refractivity contribution < 1.29 is 14.4 Å². The molecular weight excluding hydrogens is 238 g/mol. The number of ether oxygens (including phenoxy) is 2. The van der Waals surface area contributed by atoms with Crippen LogP contribution in [0.3, 0.4) is 0 Å². The van der Waals surface area contributed by atoms with Crippen LogP contribution < -0.4 is 9.64 Å². The number of hydrogen-bond donors (Lipinski definition) is 1. The van der Waals surface area contributed by atoms with Crippen LogP contribution in [0.25, 0.3) is 0 Å². The maximum absolute atomic E-state index is 5.75. The summed E-state index contributed by atoms with van der Waals surface area (Å²) in [6, 6.07) is 6.42. The Morgan fingerprint density at radius 3 is 2.42 bits per heavy atom. The van der Waals surface area contributed by atoms with Crippen LogP contribution in [0.15, 0.2) is 18.2 Å². The first-order valence-electron chi connectivity index (χ1n) is 7.10. The smallest absolute Gasteiger partial charge is 0.119 e. The zero-order chi connectivity index (χ0) is 14.3. The molecule has 0 saturated heterocycles. The summed E-state index contributed by atoms with van der Waals surface area (Å²) in [5.41, 5.74) is 2.57. The number of nitrogens with one attached hydrogen (secondary N) is 1. The van der Waals surface area contributed by atoms with Gasteiger partial charge in [0.1, 0.15) is 18.9 Å². The molecule has 1 aromatic carbocycles. The topological polar surface area (TPSA) is 22.9 Å². The summed E-state index contributed by atoms with van der Waals surface area (Å²) in [5, 5.41) is 0. The zero-order valence-corrected chi connectivity index (χ0v) is 13.0. The summed E-state index contributed by atoms with van der Waals surface area (Å²) in [4.78, 5) is 1.40. The molecule has 3 nitrogen and oxygen atoms in total. The van der Waals surface area contributed by atoms with E-state index in [9.17, 15) is 0 Å². The maximum Gasteiger partial charge on any atom is 0.119 e. The van der Waals surface area contributed by atoms with E-state index in [0.717, 1.165) is 18.9 Å². The summed E-state index contributed by atoms with van der Waals surface area (Å²) in [6.07, 6.45) is 0. The van der Waals surface area contributed by atoms with Crippen LogP contribution in [-0.2, 0) is 4.74 Å². The Bertz CT molecular complexity index is 375. The van der Waals surface area contributed by atoms with Crippen molar-refractivity contribution in [3.8, 4) is 5.75 Å². The Morgan fingerprint density at radius 1 is 1.05 bits per heavy atom. The van der Waals surface area contributed by atoms with Crippen LogP contribution in [0, 0.1) is 6.92 Å². The standard InChI is InChI=1S/C16H27NO2/c1-13(2)15-10-14(3)11-16(12-15)19-9-8-18-7-6-17(4)5/h10-13H,6-9H2,1-5H3/p+1. The van der Waals surface area contributed by atoms with Crippen LogP contribution in [-0.4, -0.2) is 40.5 Å². The minimum atomic E-state index is 0.529. The highest BCUT2D eigenvalue weighted by molar-refractivity contribution is 5.35.